The molecular formula is C12H16N4O. The van der Waals surface area contributed by atoms with E-state index in [2.05, 4.69) is 15.3 Å². The molecule has 1 atom stereocenters. The quantitative estimate of drug-likeness (QED) is 0.858. The molecule has 0 amide bonds. The topological polar surface area (TPSA) is 52.0 Å². The lowest BCUT2D eigenvalue weighted by Gasteiger charge is -2.15. The van der Waals surface area contributed by atoms with E-state index in [9.17, 15) is 0 Å². The summed E-state index contributed by atoms with van der Waals surface area (Å²) in [5.41, 5.74) is 1.77. The summed E-state index contributed by atoms with van der Waals surface area (Å²) in [6.45, 7) is 0. The molecule has 1 N–H and O–H groups in total. The minimum absolute atomic E-state index is 0.0626. The first-order valence-electron chi connectivity index (χ1n) is 5.40. The van der Waals surface area contributed by atoms with Crippen LogP contribution in [0.5, 0.6) is 5.75 Å². The van der Waals surface area contributed by atoms with Gasteiger partial charge in [0.25, 0.3) is 0 Å². The lowest BCUT2D eigenvalue weighted by atomic mass is 10.1. The number of aryl methyl sites for hydroxylation is 1. The summed E-state index contributed by atoms with van der Waals surface area (Å²) in [6.07, 6.45) is 5.50. The van der Waals surface area contributed by atoms with Crippen LogP contribution in [0.25, 0.3) is 0 Å². The summed E-state index contributed by atoms with van der Waals surface area (Å²) in [5.74, 6) is 0.762. The number of nitrogens with zero attached hydrogens (tertiary/aromatic N) is 3. The molecule has 0 saturated carbocycles. The van der Waals surface area contributed by atoms with Gasteiger partial charge in [-0.1, -0.05) is 0 Å². The van der Waals surface area contributed by atoms with E-state index in [0.29, 0.717) is 0 Å². The molecule has 0 aliphatic carbocycles. The number of nitrogens with one attached hydrogen (secondary N) is 1. The van der Waals surface area contributed by atoms with Gasteiger partial charge < -0.3 is 14.6 Å². The second-order valence-electron chi connectivity index (χ2n) is 3.78. The largest absolute Gasteiger partial charge is 0.495 e. The summed E-state index contributed by atoms with van der Waals surface area (Å²) in [4.78, 5) is 8.71. The number of imidazole rings is 1. The predicted octanol–water partition coefficient (Wildman–Crippen LogP) is 1.13. The number of hydrogen-bond donors (Lipinski definition) is 1. The number of ether oxygens (including phenoxy) is 1. The van der Waals surface area contributed by atoms with Crippen LogP contribution >= 0.6 is 0 Å². The zero-order valence-electron chi connectivity index (χ0n) is 10.2. The third-order valence-electron chi connectivity index (χ3n) is 2.60. The minimum atomic E-state index is -0.0626. The van der Waals surface area contributed by atoms with Crippen LogP contribution in [0.3, 0.4) is 0 Å². The molecule has 0 bridgehead atoms. The SMILES string of the molecule is CNC(c1cn(C)cn1)c1ncccc1OC. The van der Waals surface area contributed by atoms with E-state index in [0.717, 1.165) is 17.1 Å². The van der Waals surface area contributed by atoms with E-state index < -0.39 is 0 Å². The first-order valence-corrected chi connectivity index (χ1v) is 5.40. The fraction of sp³-hybridized carbons (Fsp3) is 0.333. The third kappa shape index (κ3) is 2.29. The fourth-order valence-corrected chi connectivity index (χ4v) is 1.80. The van der Waals surface area contributed by atoms with Crippen LogP contribution in [0.2, 0.25) is 0 Å². The van der Waals surface area contributed by atoms with Crippen molar-refractivity contribution in [1.82, 2.24) is 19.9 Å². The van der Waals surface area contributed by atoms with E-state index in [4.69, 9.17) is 4.74 Å². The fourth-order valence-electron chi connectivity index (χ4n) is 1.80. The van der Waals surface area contributed by atoms with Gasteiger partial charge in [0.05, 0.1) is 25.2 Å². The Morgan fingerprint density at radius 2 is 2.24 bits per heavy atom. The highest BCUT2D eigenvalue weighted by atomic mass is 16.5. The maximum Gasteiger partial charge on any atom is 0.142 e. The van der Waals surface area contributed by atoms with E-state index >= 15 is 0 Å². The standard InChI is InChI=1S/C12H16N4O/c1-13-11(9-7-16(2)8-15-9)12-10(17-3)5-4-6-14-12/h4-8,11,13H,1-3H3. The highest BCUT2D eigenvalue weighted by Gasteiger charge is 2.19. The van der Waals surface area contributed by atoms with Gasteiger partial charge in [-0.3, -0.25) is 4.98 Å². The van der Waals surface area contributed by atoms with Crippen molar-refractivity contribution in [2.24, 2.45) is 7.05 Å². The monoisotopic (exact) mass is 232 g/mol. The maximum absolute atomic E-state index is 5.32. The Morgan fingerprint density at radius 1 is 1.41 bits per heavy atom. The first kappa shape index (κ1) is 11.6. The van der Waals surface area contributed by atoms with Crippen molar-refractivity contribution < 1.29 is 4.74 Å². The number of pyridine rings is 1. The highest BCUT2D eigenvalue weighted by molar-refractivity contribution is 5.33. The molecule has 17 heavy (non-hydrogen) atoms. The molecule has 0 aliphatic rings. The van der Waals surface area contributed by atoms with Crippen molar-refractivity contribution in [3.63, 3.8) is 0 Å². The second kappa shape index (κ2) is 4.97. The van der Waals surface area contributed by atoms with Crippen molar-refractivity contribution in [2.45, 2.75) is 6.04 Å². The number of methoxy groups -OCH3 is 1. The van der Waals surface area contributed by atoms with Gasteiger partial charge in [-0.2, -0.15) is 0 Å². The van der Waals surface area contributed by atoms with Crippen molar-refractivity contribution in [3.8, 4) is 5.75 Å². The Kier molecular flexibility index (Phi) is 3.39. The Morgan fingerprint density at radius 3 is 2.82 bits per heavy atom. The van der Waals surface area contributed by atoms with Crippen LogP contribution in [-0.4, -0.2) is 28.7 Å². The molecule has 0 aromatic carbocycles. The second-order valence-corrected chi connectivity index (χ2v) is 3.78. The molecule has 2 heterocycles. The van der Waals surface area contributed by atoms with E-state index in [-0.39, 0.29) is 6.04 Å². The summed E-state index contributed by atoms with van der Waals surface area (Å²) in [5, 5.41) is 3.20. The third-order valence-corrected chi connectivity index (χ3v) is 2.60. The molecule has 0 aliphatic heterocycles. The average molecular weight is 232 g/mol. The molecule has 0 radical (unpaired) electrons. The minimum Gasteiger partial charge on any atom is -0.495 e. The van der Waals surface area contributed by atoms with E-state index in [1.54, 1.807) is 19.6 Å². The summed E-state index contributed by atoms with van der Waals surface area (Å²) < 4.78 is 7.23. The van der Waals surface area contributed by atoms with Crippen LogP contribution in [-0.2, 0) is 7.05 Å². The molecule has 5 heteroatoms. The molecular weight excluding hydrogens is 216 g/mol. The van der Waals surface area contributed by atoms with Gasteiger partial charge in [-0.15, -0.1) is 0 Å². The first-order chi connectivity index (χ1) is 8.26. The molecule has 0 spiro atoms. The van der Waals surface area contributed by atoms with Crippen LogP contribution in [0, 0.1) is 0 Å². The Bertz CT molecular complexity index is 495. The van der Waals surface area contributed by atoms with Crippen molar-refractivity contribution in [1.29, 1.82) is 0 Å². The molecule has 0 saturated heterocycles. The van der Waals surface area contributed by atoms with Gasteiger partial charge >= 0.3 is 0 Å². The van der Waals surface area contributed by atoms with Crippen LogP contribution < -0.4 is 10.1 Å². The summed E-state index contributed by atoms with van der Waals surface area (Å²) in [6, 6.07) is 3.69. The summed E-state index contributed by atoms with van der Waals surface area (Å²) in [7, 11) is 5.47. The normalized spacial score (nSPS) is 12.4. The molecule has 2 aromatic rings. The molecule has 2 aromatic heterocycles. The van der Waals surface area contributed by atoms with Crippen LogP contribution in [0.1, 0.15) is 17.4 Å². The summed E-state index contributed by atoms with van der Waals surface area (Å²) >= 11 is 0. The average Bonchev–Trinajstić information content (AvgIpc) is 2.77. The number of hydrogen-bond acceptors (Lipinski definition) is 4. The highest BCUT2D eigenvalue weighted by Crippen LogP contribution is 2.26. The van der Waals surface area contributed by atoms with E-state index in [1.807, 2.05) is 37.0 Å². The van der Waals surface area contributed by atoms with Crippen molar-refractivity contribution >= 4 is 0 Å². The lowest BCUT2D eigenvalue weighted by Crippen LogP contribution is -2.20. The van der Waals surface area contributed by atoms with Gasteiger partial charge in [0.1, 0.15) is 11.4 Å². The number of rotatable bonds is 4. The number of aromatic nitrogens is 3. The zero-order valence-corrected chi connectivity index (χ0v) is 10.2. The lowest BCUT2D eigenvalue weighted by molar-refractivity contribution is 0.401. The van der Waals surface area contributed by atoms with Crippen LogP contribution in [0.4, 0.5) is 0 Å². The van der Waals surface area contributed by atoms with Crippen molar-refractivity contribution in [2.75, 3.05) is 14.2 Å². The van der Waals surface area contributed by atoms with Crippen LogP contribution in [0.15, 0.2) is 30.9 Å². The molecule has 1 unspecified atom stereocenters. The Labute approximate surface area is 100 Å². The Balaban J connectivity index is 2.41. The Hall–Kier alpha value is -1.88. The van der Waals surface area contributed by atoms with Gasteiger partial charge in [0.2, 0.25) is 0 Å². The zero-order chi connectivity index (χ0) is 12.3. The van der Waals surface area contributed by atoms with Gasteiger partial charge in [0, 0.05) is 19.4 Å². The van der Waals surface area contributed by atoms with Gasteiger partial charge in [0.15, 0.2) is 0 Å². The predicted molar refractivity (Wildman–Crippen MR) is 64.9 cm³/mol. The van der Waals surface area contributed by atoms with Crippen molar-refractivity contribution in [3.05, 3.63) is 42.2 Å². The molecule has 2 rings (SSSR count). The molecule has 5 nitrogen and oxygen atoms in total. The van der Waals surface area contributed by atoms with Gasteiger partial charge in [-0.25, -0.2) is 4.98 Å². The smallest absolute Gasteiger partial charge is 0.142 e. The maximum atomic E-state index is 5.32. The van der Waals surface area contributed by atoms with E-state index in [1.165, 1.54) is 0 Å². The molecule has 0 fully saturated rings. The van der Waals surface area contributed by atoms with Gasteiger partial charge in [-0.05, 0) is 19.2 Å². The molecule has 90 valence electrons.